The number of hydrogen-bond acceptors (Lipinski definition) is 6. The molecule has 2 heterocycles. The summed E-state index contributed by atoms with van der Waals surface area (Å²) >= 11 is 2.94. The molecule has 142 valence electrons. The van der Waals surface area contributed by atoms with Gasteiger partial charge in [0, 0.05) is 18.5 Å². The lowest BCUT2D eigenvalue weighted by Gasteiger charge is -2.12. The first-order valence-corrected chi connectivity index (χ1v) is 10.7. The highest BCUT2D eigenvalue weighted by Gasteiger charge is 2.23. The van der Waals surface area contributed by atoms with E-state index in [4.69, 9.17) is 9.72 Å². The average Bonchev–Trinajstić information content (AvgIpc) is 3.18. The molecule has 2 aromatic heterocycles. The molecular formula is C18H25N3O3S2. The third-order valence-corrected chi connectivity index (χ3v) is 6.51. The fourth-order valence-corrected chi connectivity index (χ4v) is 5.20. The summed E-state index contributed by atoms with van der Waals surface area (Å²) in [5, 5.41) is 4.27. The maximum atomic E-state index is 13.1. The van der Waals surface area contributed by atoms with Gasteiger partial charge in [0.2, 0.25) is 5.91 Å². The van der Waals surface area contributed by atoms with Crippen LogP contribution in [0.4, 0.5) is 0 Å². The van der Waals surface area contributed by atoms with E-state index in [1.807, 2.05) is 0 Å². The van der Waals surface area contributed by atoms with Gasteiger partial charge >= 0.3 is 0 Å². The van der Waals surface area contributed by atoms with Gasteiger partial charge in [-0.2, -0.15) is 0 Å². The van der Waals surface area contributed by atoms with Crippen LogP contribution in [0.25, 0.3) is 10.2 Å². The predicted molar refractivity (Wildman–Crippen MR) is 106 cm³/mol. The van der Waals surface area contributed by atoms with Gasteiger partial charge in [-0.05, 0) is 30.7 Å². The molecule has 6 nitrogen and oxygen atoms in total. The number of nitrogens with one attached hydrogen (secondary N) is 1. The van der Waals surface area contributed by atoms with Gasteiger partial charge in [0.05, 0.1) is 24.3 Å². The van der Waals surface area contributed by atoms with E-state index in [1.54, 1.807) is 23.0 Å². The van der Waals surface area contributed by atoms with Gasteiger partial charge in [0.15, 0.2) is 5.16 Å². The Hall–Kier alpha value is -1.38. The van der Waals surface area contributed by atoms with Crippen LogP contribution in [0.15, 0.2) is 9.95 Å². The summed E-state index contributed by atoms with van der Waals surface area (Å²) in [6.07, 6.45) is 3.11. The van der Waals surface area contributed by atoms with E-state index >= 15 is 0 Å². The number of thiophene rings is 1. The number of rotatable bonds is 8. The van der Waals surface area contributed by atoms with Crippen LogP contribution in [-0.4, -0.2) is 41.5 Å². The standard InChI is InChI=1S/C18H25N3O3S2/c1-11(2)9-19-14(22)10-25-18-20-16-15(12-5-4-6-13(12)26-16)17(23)21(18)7-8-24-3/h11H,4-10H2,1-3H3,(H,19,22). The van der Waals surface area contributed by atoms with Crippen molar-refractivity contribution in [3.63, 3.8) is 0 Å². The Morgan fingerprint density at radius 3 is 2.96 bits per heavy atom. The minimum atomic E-state index is -0.0370. The lowest BCUT2D eigenvalue weighted by atomic mass is 10.2. The van der Waals surface area contributed by atoms with Gasteiger partial charge < -0.3 is 10.1 Å². The summed E-state index contributed by atoms with van der Waals surface area (Å²) in [7, 11) is 1.62. The van der Waals surface area contributed by atoms with Crippen molar-refractivity contribution in [1.29, 1.82) is 0 Å². The highest BCUT2D eigenvalue weighted by atomic mass is 32.2. The molecule has 1 N–H and O–H groups in total. The zero-order valence-corrected chi connectivity index (χ0v) is 17.1. The van der Waals surface area contributed by atoms with Crippen LogP contribution in [0.5, 0.6) is 0 Å². The van der Waals surface area contributed by atoms with Gasteiger partial charge in [-0.3, -0.25) is 14.2 Å². The molecule has 0 saturated carbocycles. The summed E-state index contributed by atoms with van der Waals surface area (Å²) in [6, 6.07) is 0. The fraction of sp³-hybridized carbons (Fsp3) is 0.611. The first-order chi connectivity index (χ1) is 12.5. The molecule has 0 fully saturated rings. The molecule has 2 aromatic rings. The van der Waals surface area contributed by atoms with Crippen molar-refractivity contribution in [2.45, 2.75) is 44.8 Å². The van der Waals surface area contributed by atoms with Crippen molar-refractivity contribution in [3.05, 3.63) is 20.8 Å². The van der Waals surface area contributed by atoms with E-state index in [-0.39, 0.29) is 17.2 Å². The molecule has 1 aliphatic rings. The minimum absolute atomic E-state index is 0.00321. The number of fused-ring (bicyclic) bond motifs is 3. The zero-order chi connectivity index (χ0) is 18.7. The Morgan fingerprint density at radius 2 is 2.23 bits per heavy atom. The second-order valence-corrected chi connectivity index (χ2v) is 8.89. The third-order valence-electron chi connectivity index (χ3n) is 4.35. The Morgan fingerprint density at radius 1 is 1.42 bits per heavy atom. The predicted octanol–water partition coefficient (Wildman–Crippen LogP) is 2.46. The van der Waals surface area contributed by atoms with E-state index in [0.29, 0.717) is 30.8 Å². The maximum Gasteiger partial charge on any atom is 0.263 e. The number of aryl methyl sites for hydroxylation is 2. The van der Waals surface area contributed by atoms with E-state index in [0.717, 1.165) is 29.5 Å². The quantitative estimate of drug-likeness (QED) is 0.549. The maximum absolute atomic E-state index is 13.1. The molecular weight excluding hydrogens is 370 g/mol. The second kappa shape index (κ2) is 8.54. The van der Waals surface area contributed by atoms with Crippen molar-refractivity contribution in [3.8, 4) is 0 Å². The molecule has 26 heavy (non-hydrogen) atoms. The summed E-state index contributed by atoms with van der Waals surface area (Å²) < 4.78 is 6.82. The molecule has 8 heteroatoms. The molecule has 1 aliphatic carbocycles. The number of aromatic nitrogens is 2. The van der Waals surface area contributed by atoms with E-state index in [1.165, 1.54) is 22.2 Å². The van der Waals surface area contributed by atoms with Gasteiger partial charge in [0.1, 0.15) is 4.83 Å². The van der Waals surface area contributed by atoms with E-state index in [9.17, 15) is 9.59 Å². The van der Waals surface area contributed by atoms with Crippen molar-refractivity contribution >= 4 is 39.2 Å². The lowest BCUT2D eigenvalue weighted by Crippen LogP contribution is -2.30. The van der Waals surface area contributed by atoms with Gasteiger partial charge in [-0.15, -0.1) is 11.3 Å². The highest BCUT2D eigenvalue weighted by molar-refractivity contribution is 7.99. The van der Waals surface area contributed by atoms with Gasteiger partial charge in [-0.1, -0.05) is 25.6 Å². The molecule has 0 radical (unpaired) electrons. The summed E-state index contributed by atoms with van der Waals surface area (Å²) in [5.74, 6) is 0.625. The number of methoxy groups -OCH3 is 1. The van der Waals surface area contributed by atoms with Crippen LogP contribution in [0, 0.1) is 5.92 Å². The Kier molecular flexibility index (Phi) is 6.37. The van der Waals surface area contributed by atoms with Gasteiger partial charge in [-0.25, -0.2) is 4.98 Å². The minimum Gasteiger partial charge on any atom is -0.383 e. The largest absolute Gasteiger partial charge is 0.383 e. The molecule has 1 amide bonds. The average molecular weight is 396 g/mol. The zero-order valence-electron chi connectivity index (χ0n) is 15.5. The number of hydrogen-bond donors (Lipinski definition) is 1. The van der Waals surface area contributed by atoms with E-state index in [2.05, 4.69) is 19.2 Å². The summed E-state index contributed by atoms with van der Waals surface area (Å²) in [5.41, 5.74) is 1.18. The van der Waals surface area contributed by atoms with Crippen LogP contribution in [0.2, 0.25) is 0 Å². The van der Waals surface area contributed by atoms with Crippen LogP contribution < -0.4 is 10.9 Å². The van der Waals surface area contributed by atoms with Crippen LogP contribution in [0.3, 0.4) is 0 Å². The number of nitrogens with zero attached hydrogens (tertiary/aromatic N) is 2. The van der Waals surface area contributed by atoms with Crippen molar-refractivity contribution < 1.29 is 9.53 Å². The van der Waals surface area contributed by atoms with Crippen LogP contribution >= 0.6 is 23.1 Å². The number of carbonyl (C=O) groups excluding carboxylic acids is 1. The number of thioether (sulfide) groups is 1. The molecule has 0 aromatic carbocycles. The monoisotopic (exact) mass is 395 g/mol. The SMILES string of the molecule is COCCn1c(SCC(=O)NCC(C)C)nc2sc3c(c2c1=O)CCC3. The molecule has 0 bridgehead atoms. The second-order valence-electron chi connectivity index (χ2n) is 6.87. The van der Waals surface area contributed by atoms with Crippen LogP contribution in [0.1, 0.15) is 30.7 Å². The fourth-order valence-electron chi connectivity index (χ4n) is 3.05. The lowest BCUT2D eigenvalue weighted by molar-refractivity contribution is -0.118. The van der Waals surface area contributed by atoms with Crippen molar-refractivity contribution in [1.82, 2.24) is 14.9 Å². The van der Waals surface area contributed by atoms with Crippen molar-refractivity contribution in [2.75, 3.05) is 26.0 Å². The highest BCUT2D eigenvalue weighted by Crippen LogP contribution is 2.35. The molecule has 3 rings (SSSR count). The molecule has 0 unspecified atom stereocenters. The van der Waals surface area contributed by atoms with Crippen molar-refractivity contribution in [2.24, 2.45) is 5.92 Å². The first kappa shape index (κ1) is 19.4. The number of amides is 1. The van der Waals surface area contributed by atoms with Crippen LogP contribution in [-0.2, 0) is 28.9 Å². The molecule has 0 spiro atoms. The first-order valence-electron chi connectivity index (χ1n) is 8.94. The van der Waals surface area contributed by atoms with Gasteiger partial charge in [0.25, 0.3) is 5.56 Å². The normalized spacial score (nSPS) is 13.5. The molecule has 0 atom stereocenters. The Bertz CT molecular complexity index is 857. The summed E-state index contributed by atoms with van der Waals surface area (Å²) in [6.45, 7) is 5.65. The number of ether oxygens (including phenoxy) is 1. The third kappa shape index (κ3) is 4.13. The topological polar surface area (TPSA) is 73.2 Å². The Balaban J connectivity index is 1.88. The molecule has 0 aliphatic heterocycles. The Labute approximate surface area is 161 Å². The summed E-state index contributed by atoms with van der Waals surface area (Å²) in [4.78, 5) is 32.0. The molecule has 0 saturated heterocycles. The smallest absolute Gasteiger partial charge is 0.263 e. The van der Waals surface area contributed by atoms with E-state index < -0.39 is 0 Å². The number of carbonyl (C=O) groups is 1.